The topological polar surface area (TPSA) is 103 Å². The number of ether oxygens (including phenoxy) is 1. The van der Waals surface area contributed by atoms with Crippen molar-refractivity contribution in [3.63, 3.8) is 0 Å². The van der Waals surface area contributed by atoms with Gasteiger partial charge in [0, 0.05) is 12.6 Å². The van der Waals surface area contributed by atoms with E-state index in [0.717, 1.165) is 25.7 Å². The van der Waals surface area contributed by atoms with Crippen LogP contribution in [0.25, 0.3) is 11.5 Å². The normalized spacial score (nSPS) is 22.1. The highest BCUT2D eigenvalue weighted by Gasteiger charge is 2.47. The second-order valence-electron chi connectivity index (χ2n) is 6.90. The molecule has 142 valence electrons. The predicted octanol–water partition coefficient (Wildman–Crippen LogP) is 2.54. The summed E-state index contributed by atoms with van der Waals surface area (Å²) in [5.74, 6) is -0.188. The van der Waals surface area contributed by atoms with E-state index in [9.17, 15) is 14.4 Å². The Bertz CT molecular complexity index is 816. The minimum atomic E-state index is -0.493. The molecular formula is C19H20N2O6. The van der Waals surface area contributed by atoms with Gasteiger partial charge in [-0.15, -0.1) is 0 Å². The lowest BCUT2D eigenvalue weighted by atomic mass is 9.81. The van der Waals surface area contributed by atoms with Crippen molar-refractivity contribution in [3.8, 4) is 11.5 Å². The van der Waals surface area contributed by atoms with Crippen LogP contribution in [0, 0.1) is 11.8 Å². The number of rotatable bonds is 6. The lowest BCUT2D eigenvalue weighted by Gasteiger charge is -2.19. The monoisotopic (exact) mass is 372 g/mol. The van der Waals surface area contributed by atoms with Crippen LogP contribution in [0.4, 0.5) is 0 Å². The highest BCUT2D eigenvalue weighted by molar-refractivity contribution is 6.05. The average molecular weight is 372 g/mol. The first-order valence-electron chi connectivity index (χ1n) is 9.14. The number of hydrogen-bond donors (Lipinski definition) is 0. The Labute approximate surface area is 155 Å². The Morgan fingerprint density at radius 1 is 1.19 bits per heavy atom. The van der Waals surface area contributed by atoms with E-state index in [1.54, 1.807) is 18.2 Å². The number of esters is 1. The fourth-order valence-corrected chi connectivity index (χ4v) is 3.80. The summed E-state index contributed by atoms with van der Waals surface area (Å²) in [6.07, 6.45) is 4.98. The minimum Gasteiger partial charge on any atom is -0.461 e. The summed E-state index contributed by atoms with van der Waals surface area (Å²) in [4.78, 5) is 38.0. The Morgan fingerprint density at radius 3 is 2.59 bits per heavy atom. The second-order valence-corrected chi connectivity index (χ2v) is 6.90. The quantitative estimate of drug-likeness (QED) is 0.567. The van der Waals surface area contributed by atoms with Gasteiger partial charge in [-0.1, -0.05) is 18.0 Å². The van der Waals surface area contributed by atoms with Crippen LogP contribution in [0.2, 0.25) is 0 Å². The van der Waals surface area contributed by atoms with Gasteiger partial charge in [0.25, 0.3) is 0 Å². The number of furan rings is 1. The van der Waals surface area contributed by atoms with Crippen LogP contribution in [0.3, 0.4) is 0 Å². The third-order valence-electron chi connectivity index (χ3n) is 5.18. The first-order valence-corrected chi connectivity index (χ1v) is 9.14. The van der Waals surface area contributed by atoms with Gasteiger partial charge in [-0.3, -0.25) is 19.3 Å². The number of carbonyl (C=O) groups is 3. The Balaban J connectivity index is 1.26. The number of hydrogen-bond acceptors (Lipinski definition) is 7. The van der Waals surface area contributed by atoms with Gasteiger partial charge in [-0.05, 0) is 25.0 Å². The Kier molecular flexibility index (Phi) is 4.79. The van der Waals surface area contributed by atoms with Crippen molar-refractivity contribution in [2.24, 2.45) is 11.8 Å². The first-order chi connectivity index (χ1) is 13.1. The van der Waals surface area contributed by atoms with Gasteiger partial charge < -0.3 is 13.7 Å². The molecule has 2 aromatic rings. The standard InChI is InChI=1S/C19H20N2O6/c22-17(26-11-12-10-16(27-20-12)15-6-3-9-25-15)7-8-21-18(23)13-4-1-2-5-14(13)19(21)24/h3,6,9-10,13-14H,1-2,4-5,7-8,11H2/t13-,14-/m1/s1. The number of carbonyl (C=O) groups excluding carboxylic acids is 3. The lowest BCUT2D eigenvalue weighted by Crippen LogP contribution is -2.33. The molecule has 27 heavy (non-hydrogen) atoms. The largest absolute Gasteiger partial charge is 0.461 e. The molecule has 1 saturated heterocycles. The molecule has 4 rings (SSSR count). The molecule has 1 saturated carbocycles. The molecule has 0 spiro atoms. The van der Waals surface area contributed by atoms with Crippen LogP contribution >= 0.6 is 0 Å². The van der Waals surface area contributed by atoms with Crippen LogP contribution in [0.5, 0.6) is 0 Å². The van der Waals surface area contributed by atoms with Crippen LogP contribution < -0.4 is 0 Å². The van der Waals surface area contributed by atoms with Gasteiger partial charge in [0.15, 0.2) is 5.76 Å². The van der Waals surface area contributed by atoms with Crippen molar-refractivity contribution < 1.29 is 28.1 Å². The highest BCUT2D eigenvalue weighted by Crippen LogP contribution is 2.38. The summed E-state index contributed by atoms with van der Waals surface area (Å²) in [5, 5.41) is 3.82. The van der Waals surface area contributed by atoms with Crippen molar-refractivity contribution >= 4 is 17.8 Å². The number of nitrogens with zero attached hydrogens (tertiary/aromatic N) is 2. The molecule has 1 aliphatic carbocycles. The number of imide groups is 1. The van der Waals surface area contributed by atoms with Crippen molar-refractivity contribution in [2.75, 3.05) is 6.54 Å². The number of amides is 2. The SMILES string of the molecule is O=C(CCN1C(=O)[C@@H]2CCCC[C@H]2C1=O)OCc1cc(-c2ccco2)on1. The summed E-state index contributed by atoms with van der Waals surface area (Å²) in [6, 6.07) is 5.09. The van der Waals surface area contributed by atoms with E-state index in [1.165, 1.54) is 11.2 Å². The van der Waals surface area contributed by atoms with Crippen LogP contribution in [0.15, 0.2) is 33.4 Å². The Hall–Kier alpha value is -2.90. The van der Waals surface area contributed by atoms with Gasteiger partial charge in [0.2, 0.25) is 17.6 Å². The van der Waals surface area contributed by atoms with Gasteiger partial charge in [0.1, 0.15) is 12.3 Å². The van der Waals surface area contributed by atoms with Gasteiger partial charge >= 0.3 is 5.97 Å². The maximum Gasteiger partial charge on any atom is 0.307 e. The third kappa shape index (κ3) is 3.51. The second kappa shape index (κ2) is 7.38. The molecule has 0 bridgehead atoms. The summed E-state index contributed by atoms with van der Waals surface area (Å²) >= 11 is 0. The predicted molar refractivity (Wildman–Crippen MR) is 90.8 cm³/mol. The number of aromatic nitrogens is 1. The number of fused-ring (bicyclic) bond motifs is 1. The van der Waals surface area contributed by atoms with Crippen LogP contribution in [0.1, 0.15) is 37.8 Å². The molecule has 0 unspecified atom stereocenters. The van der Waals surface area contributed by atoms with Gasteiger partial charge in [-0.25, -0.2) is 0 Å². The zero-order valence-corrected chi connectivity index (χ0v) is 14.8. The van der Waals surface area contributed by atoms with E-state index in [1.807, 2.05) is 0 Å². The summed E-state index contributed by atoms with van der Waals surface area (Å²) in [6.45, 7) is 0.0240. The fourth-order valence-electron chi connectivity index (χ4n) is 3.80. The highest BCUT2D eigenvalue weighted by atomic mass is 16.5. The van der Waals surface area contributed by atoms with E-state index in [2.05, 4.69) is 5.16 Å². The fraction of sp³-hybridized carbons (Fsp3) is 0.474. The first kappa shape index (κ1) is 17.5. The zero-order chi connectivity index (χ0) is 18.8. The summed E-state index contributed by atoms with van der Waals surface area (Å²) in [5.41, 5.74) is 0.453. The van der Waals surface area contributed by atoms with Gasteiger partial charge in [0.05, 0.1) is 24.5 Å². The minimum absolute atomic E-state index is 0.0280. The molecule has 3 heterocycles. The van der Waals surface area contributed by atoms with E-state index in [4.69, 9.17) is 13.7 Å². The van der Waals surface area contributed by atoms with Crippen LogP contribution in [-0.2, 0) is 25.7 Å². The molecule has 2 aliphatic rings. The molecule has 8 heteroatoms. The number of likely N-dealkylation sites (tertiary alicyclic amines) is 1. The lowest BCUT2D eigenvalue weighted by molar-refractivity contribution is -0.146. The Morgan fingerprint density at radius 2 is 1.93 bits per heavy atom. The zero-order valence-electron chi connectivity index (χ0n) is 14.8. The molecule has 0 radical (unpaired) electrons. The van der Waals surface area contributed by atoms with Crippen molar-refractivity contribution in [1.29, 1.82) is 0 Å². The van der Waals surface area contributed by atoms with Crippen molar-refractivity contribution in [2.45, 2.75) is 38.7 Å². The maximum atomic E-state index is 12.4. The molecule has 0 N–H and O–H groups in total. The van der Waals surface area contributed by atoms with Crippen LogP contribution in [-0.4, -0.2) is 34.4 Å². The molecule has 2 amide bonds. The van der Waals surface area contributed by atoms with Crippen molar-refractivity contribution in [3.05, 3.63) is 30.2 Å². The molecule has 2 atom stereocenters. The maximum absolute atomic E-state index is 12.4. The summed E-state index contributed by atoms with van der Waals surface area (Å²) in [7, 11) is 0. The third-order valence-corrected chi connectivity index (χ3v) is 5.18. The molecule has 2 aromatic heterocycles. The summed E-state index contributed by atoms with van der Waals surface area (Å²) < 4.78 is 15.5. The van der Waals surface area contributed by atoms with E-state index in [-0.39, 0.29) is 43.2 Å². The van der Waals surface area contributed by atoms with Gasteiger partial charge in [-0.2, -0.15) is 0 Å². The molecular weight excluding hydrogens is 352 g/mol. The molecule has 8 nitrogen and oxygen atoms in total. The molecule has 2 fully saturated rings. The smallest absolute Gasteiger partial charge is 0.307 e. The van der Waals surface area contributed by atoms with E-state index < -0.39 is 5.97 Å². The van der Waals surface area contributed by atoms with E-state index in [0.29, 0.717) is 17.2 Å². The van der Waals surface area contributed by atoms with Crippen molar-refractivity contribution in [1.82, 2.24) is 10.1 Å². The molecule has 1 aliphatic heterocycles. The average Bonchev–Trinajstić information content (AvgIpc) is 3.41. The van der Waals surface area contributed by atoms with E-state index >= 15 is 0 Å². The molecule has 0 aromatic carbocycles.